The van der Waals surface area contributed by atoms with Crippen molar-refractivity contribution in [3.8, 4) is 0 Å². The number of hydrogen-bond acceptors (Lipinski definition) is 2. The normalized spacial score (nSPS) is 19.4. The Bertz CT molecular complexity index is 422. The summed E-state index contributed by atoms with van der Waals surface area (Å²) in [6.45, 7) is 13.8. The molecule has 120 valence electrons. The van der Waals surface area contributed by atoms with Crippen LogP contribution in [0.2, 0.25) is 0 Å². The van der Waals surface area contributed by atoms with Crippen molar-refractivity contribution in [2.24, 2.45) is 16.2 Å². The van der Waals surface area contributed by atoms with Crippen molar-refractivity contribution in [1.29, 1.82) is 0 Å². The standard InChI is InChI=1S/C16H33NO2S/c1-14(2,3)9-8-12-20(18,19)17(7)13-16(10-11-16)15(4,5)6/h8-13H2,1-7H3. The average molecular weight is 304 g/mol. The summed E-state index contributed by atoms with van der Waals surface area (Å²) in [6, 6.07) is 0. The number of sulfonamides is 1. The third kappa shape index (κ3) is 4.73. The lowest BCUT2D eigenvalue weighted by molar-refractivity contribution is 0.182. The van der Waals surface area contributed by atoms with E-state index in [0.717, 1.165) is 25.7 Å². The Morgan fingerprint density at radius 2 is 1.55 bits per heavy atom. The molecule has 0 aromatic carbocycles. The van der Waals surface area contributed by atoms with Gasteiger partial charge in [-0.25, -0.2) is 12.7 Å². The zero-order chi connectivity index (χ0) is 15.8. The van der Waals surface area contributed by atoms with Crippen molar-refractivity contribution >= 4 is 10.0 Å². The van der Waals surface area contributed by atoms with Gasteiger partial charge in [0.15, 0.2) is 0 Å². The Labute approximate surface area is 126 Å². The van der Waals surface area contributed by atoms with Gasteiger partial charge in [0, 0.05) is 13.6 Å². The summed E-state index contributed by atoms with van der Waals surface area (Å²) in [5.74, 6) is 0.279. The van der Waals surface area contributed by atoms with E-state index in [1.165, 1.54) is 0 Å². The molecule has 0 heterocycles. The van der Waals surface area contributed by atoms with E-state index in [1.54, 1.807) is 11.4 Å². The fourth-order valence-electron chi connectivity index (χ4n) is 2.76. The van der Waals surface area contributed by atoms with Crippen LogP contribution < -0.4 is 0 Å². The molecule has 0 atom stereocenters. The first-order valence-electron chi connectivity index (χ1n) is 7.73. The van der Waals surface area contributed by atoms with Crippen molar-refractivity contribution in [3.63, 3.8) is 0 Å². The molecule has 0 N–H and O–H groups in total. The summed E-state index contributed by atoms with van der Waals surface area (Å²) < 4.78 is 26.4. The lowest BCUT2D eigenvalue weighted by atomic mass is 9.77. The Kier molecular flexibility index (Phi) is 5.03. The molecule has 1 saturated carbocycles. The molecule has 20 heavy (non-hydrogen) atoms. The topological polar surface area (TPSA) is 37.4 Å². The van der Waals surface area contributed by atoms with Gasteiger partial charge in [-0.3, -0.25) is 0 Å². The molecule has 0 amide bonds. The van der Waals surface area contributed by atoms with E-state index < -0.39 is 10.0 Å². The molecule has 1 rings (SSSR count). The molecule has 0 bridgehead atoms. The van der Waals surface area contributed by atoms with E-state index in [2.05, 4.69) is 41.5 Å². The quantitative estimate of drug-likeness (QED) is 0.746. The van der Waals surface area contributed by atoms with Crippen LogP contribution in [0.25, 0.3) is 0 Å². The lowest BCUT2D eigenvalue weighted by Crippen LogP contribution is -2.39. The molecule has 0 saturated heterocycles. The minimum atomic E-state index is -3.10. The first-order valence-corrected chi connectivity index (χ1v) is 9.34. The maximum Gasteiger partial charge on any atom is 0.213 e. The minimum Gasteiger partial charge on any atom is -0.212 e. The van der Waals surface area contributed by atoms with E-state index in [0.29, 0.717) is 6.54 Å². The zero-order valence-electron chi connectivity index (χ0n) is 14.4. The first-order chi connectivity index (χ1) is 8.79. The van der Waals surface area contributed by atoms with Crippen LogP contribution in [0.15, 0.2) is 0 Å². The lowest BCUT2D eigenvalue weighted by Gasteiger charge is -2.34. The van der Waals surface area contributed by atoms with Gasteiger partial charge in [-0.1, -0.05) is 41.5 Å². The first kappa shape index (κ1) is 18.0. The van der Waals surface area contributed by atoms with Crippen LogP contribution in [-0.4, -0.2) is 32.1 Å². The van der Waals surface area contributed by atoms with Crippen LogP contribution >= 0.6 is 0 Å². The fraction of sp³-hybridized carbons (Fsp3) is 1.00. The molecule has 0 spiro atoms. The Balaban J connectivity index is 2.56. The fourth-order valence-corrected chi connectivity index (χ4v) is 4.03. The van der Waals surface area contributed by atoms with Gasteiger partial charge in [0.2, 0.25) is 10.0 Å². The van der Waals surface area contributed by atoms with E-state index in [1.807, 2.05) is 0 Å². The van der Waals surface area contributed by atoms with Crippen LogP contribution in [-0.2, 0) is 10.0 Å². The van der Waals surface area contributed by atoms with Gasteiger partial charge in [-0.05, 0) is 41.9 Å². The second-order valence-corrected chi connectivity index (χ2v) is 11.0. The number of nitrogens with zero attached hydrogens (tertiary/aromatic N) is 1. The summed E-state index contributed by atoms with van der Waals surface area (Å²) in [4.78, 5) is 0. The smallest absolute Gasteiger partial charge is 0.212 e. The minimum absolute atomic E-state index is 0.183. The molecule has 1 fully saturated rings. The Hall–Kier alpha value is -0.0900. The molecule has 1 aliphatic rings. The molecule has 0 aromatic heterocycles. The SMILES string of the molecule is CN(CC1(C(C)(C)C)CC1)S(=O)(=O)CCCC(C)(C)C. The highest BCUT2D eigenvalue weighted by atomic mass is 32.2. The second kappa shape index (κ2) is 5.60. The monoisotopic (exact) mass is 303 g/mol. The Morgan fingerprint density at radius 1 is 1.05 bits per heavy atom. The zero-order valence-corrected chi connectivity index (χ0v) is 15.2. The number of hydrogen-bond donors (Lipinski definition) is 0. The molecule has 3 nitrogen and oxygen atoms in total. The summed E-state index contributed by atoms with van der Waals surface area (Å²) in [7, 11) is -1.35. The second-order valence-electron chi connectivity index (χ2n) is 8.77. The summed E-state index contributed by atoms with van der Waals surface area (Å²) in [6.07, 6.45) is 4.00. The van der Waals surface area contributed by atoms with Gasteiger partial charge >= 0.3 is 0 Å². The highest BCUT2D eigenvalue weighted by Gasteiger charge is 2.53. The van der Waals surface area contributed by atoms with E-state index >= 15 is 0 Å². The van der Waals surface area contributed by atoms with Crippen molar-refractivity contribution in [1.82, 2.24) is 4.31 Å². The maximum absolute atomic E-state index is 12.4. The van der Waals surface area contributed by atoms with Crippen LogP contribution in [0, 0.1) is 16.2 Å². The van der Waals surface area contributed by atoms with Gasteiger partial charge in [0.1, 0.15) is 0 Å². The predicted octanol–water partition coefficient (Wildman–Crippen LogP) is 3.90. The van der Waals surface area contributed by atoms with Gasteiger partial charge in [0.05, 0.1) is 5.75 Å². The molecule has 1 aliphatic carbocycles. The van der Waals surface area contributed by atoms with E-state index in [4.69, 9.17) is 0 Å². The van der Waals surface area contributed by atoms with Crippen molar-refractivity contribution in [2.45, 2.75) is 67.2 Å². The number of rotatable bonds is 6. The van der Waals surface area contributed by atoms with Crippen LogP contribution in [0.4, 0.5) is 0 Å². The molecule has 4 heteroatoms. The molecule has 0 radical (unpaired) electrons. The molecular formula is C16H33NO2S. The van der Waals surface area contributed by atoms with Gasteiger partial charge in [-0.2, -0.15) is 0 Å². The molecular weight excluding hydrogens is 270 g/mol. The summed E-state index contributed by atoms with van der Waals surface area (Å²) in [5.41, 5.74) is 0.582. The highest BCUT2D eigenvalue weighted by Crippen LogP contribution is 2.58. The molecule has 0 aromatic rings. The van der Waals surface area contributed by atoms with Gasteiger partial charge < -0.3 is 0 Å². The van der Waals surface area contributed by atoms with Crippen molar-refractivity contribution in [2.75, 3.05) is 19.3 Å². The highest BCUT2D eigenvalue weighted by molar-refractivity contribution is 7.89. The van der Waals surface area contributed by atoms with Crippen LogP contribution in [0.5, 0.6) is 0 Å². The Morgan fingerprint density at radius 3 is 1.90 bits per heavy atom. The van der Waals surface area contributed by atoms with Crippen molar-refractivity contribution in [3.05, 3.63) is 0 Å². The van der Waals surface area contributed by atoms with Gasteiger partial charge in [-0.15, -0.1) is 0 Å². The van der Waals surface area contributed by atoms with Crippen LogP contribution in [0.1, 0.15) is 67.2 Å². The average Bonchev–Trinajstić information content (AvgIpc) is 2.95. The third-order valence-corrected chi connectivity index (χ3v) is 6.66. The summed E-state index contributed by atoms with van der Waals surface area (Å²) >= 11 is 0. The predicted molar refractivity (Wildman–Crippen MR) is 86.2 cm³/mol. The molecule has 0 aliphatic heterocycles. The van der Waals surface area contributed by atoms with E-state index in [-0.39, 0.29) is 22.0 Å². The third-order valence-electron chi connectivity index (χ3n) is 4.77. The summed E-state index contributed by atoms with van der Waals surface area (Å²) in [5, 5.41) is 0. The van der Waals surface area contributed by atoms with Gasteiger partial charge in [0.25, 0.3) is 0 Å². The largest absolute Gasteiger partial charge is 0.213 e. The maximum atomic E-state index is 12.4. The molecule has 0 unspecified atom stereocenters. The van der Waals surface area contributed by atoms with Crippen LogP contribution in [0.3, 0.4) is 0 Å². The van der Waals surface area contributed by atoms with E-state index in [9.17, 15) is 8.42 Å². The van der Waals surface area contributed by atoms with Crippen molar-refractivity contribution < 1.29 is 8.42 Å².